The Labute approximate surface area is 188 Å². The molecule has 1 aromatic carbocycles. The second-order valence-corrected chi connectivity index (χ2v) is 10.3. The lowest BCUT2D eigenvalue weighted by Gasteiger charge is -2.37. The molecule has 0 aromatic heterocycles. The zero-order valence-electron chi connectivity index (χ0n) is 20.2. The van der Waals surface area contributed by atoms with E-state index in [0.29, 0.717) is 23.9 Å². The highest BCUT2D eigenvalue weighted by molar-refractivity contribution is 5.68. The van der Waals surface area contributed by atoms with Crippen molar-refractivity contribution < 1.29 is 14.3 Å². The van der Waals surface area contributed by atoms with Crippen LogP contribution in [-0.4, -0.2) is 67.9 Å². The van der Waals surface area contributed by atoms with E-state index < -0.39 is 5.60 Å². The van der Waals surface area contributed by atoms with Gasteiger partial charge in [0.05, 0.1) is 7.11 Å². The molecule has 3 rings (SSSR count). The second-order valence-electron chi connectivity index (χ2n) is 10.3. The molecule has 31 heavy (non-hydrogen) atoms. The summed E-state index contributed by atoms with van der Waals surface area (Å²) in [5.41, 5.74) is 0.910. The van der Waals surface area contributed by atoms with Gasteiger partial charge in [-0.25, -0.2) is 4.79 Å². The van der Waals surface area contributed by atoms with E-state index in [1.807, 2.05) is 25.7 Å². The minimum absolute atomic E-state index is 0.179. The minimum Gasteiger partial charge on any atom is -0.497 e. The third kappa shape index (κ3) is 6.36. The van der Waals surface area contributed by atoms with Gasteiger partial charge in [-0.3, -0.25) is 4.90 Å². The SMILES string of the molecule is COc1ccc([C@@H]2[C@H](CN[C@H](C)[C@H]3CCCN(C(=O)OC(C)(C)C)C3)CCN2C)cc1. The molecule has 6 heteroatoms. The van der Waals surface area contributed by atoms with Crippen LogP contribution in [0.25, 0.3) is 0 Å². The summed E-state index contributed by atoms with van der Waals surface area (Å²) in [7, 11) is 3.93. The van der Waals surface area contributed by atoms with Gasteiger partial charge >= 0.3 is 6.09 Å². The summed E-state index contributed by atoms with van der Waals surface area (Å²) in [5, 5.41) is 3.81. The van der Waals surface area contributed by atoms with Gasteiger partial charge in [0.2, 0.25) is 0 Å². The molecule has 0 bridgehead atoms. The number of carbonyl (C=O) groups excluding carboxylic acids is 1. The molecule has 2 heterocycles. The van der Waals surface area contributed by atoms with E-state index in [4.69, 9.17) is 9.47 Å². The topological polar surface area (TPSA) is 54.0 Å². The van der Waals surface area contributed by atoms with Crippen LogP contribution in [0.2, 0.25) is 0 Å². The summed E-state index contributed by atoms with van der Waals surface area (Å²) < 4.78 is 10.9. The molecule has 2 aliphatic rings. The summed E-state index contributed by atoms with van der Waals surface area (Å²) in [4.78, 5) is 16.9. The molecule has 1 amide bonds. The average Bonchev–Trinajstić information content (AvgIpc) is 3.11. The summed E-state index contributed by atoms with van der Waals surface area (Å²) in [6.07, 6.45) is 3.21. The Morgan fingerprint density at radius 1 is 1.19 bits per heavy atom. The Morgan fingerprint density at radius 3 is 2.55 bits per heavy atom. The summed E-state index contributed by atoms with van der Waals surface area (Å²) in [6.45, 7) is 11.7. The number of nitrogens with one attached hydrogen (secondary N) is 1. The molecule has 2 saturated heterocycles. The molecular formula is C25H41N3O3. The number of piperidine rings is 1. The number of carbonyl (C=O) groups is 1. The third-order valence-corrected chi connectivity index (χ3v) is 6.75. The van der Waals surface area contributed by atoms with Crippen LogP contribution in [-0.2, 0) is 4.74 Å². The maximum atomic E-state index is 12.5. The van der Waals surface area contributed by atoms with Gasteiger partial charge in [-0.1, -0.05) is 12.1 Å². The van der Waals surface area contributed by atoms with Crippen LogP contribution in [0.4, 0.5) is 4.79 Å². The van der Waals surface area contributed by atoms with Crippen LogP contribution < -0.4 is 10.1 Å². The first kappa shape index (κ1) is 23.9. The van der Waals surface area contributed by atoms with E-state index >= 15 is 0 Å². The van der Waals surface area contributed by atoms with Crippen LogP contribution >= 0.6 is 0 Å². The lowest BCUT2D eigenvalue weighted by Crippen LogP contribution is -2.48. The molecule has 0 unspecified atom stereocenters. The van der Waals surface area contributed by atoms with Gasteiger partial charge in [-0.05, 0) is 90.1 Å². The highest BCUT2D eigenvalue weighted by Crippen LogP contribution is 2.36. The molecular weight excluding hydrogens is 390 g/mol. The lowest BCUT2D eigenvalue weighted by molar-refractivity contribution is 0.0147. The van der Waals surface area contributed by atoms with Gasteiger partial charge < -0.3 is 19.7 Å². The third-order valence-electron chi connectivity index (χ3n) is 6.75. The van der Waals surface area contributed by atoms with E-state index in [0.717, 1.165) is 44.8 Å². The number of rotatable bonds is 6. The standard InChI is InChI=1S/C25H41N3O3/c1-18(21-8-7-14-28(17-21)24(29)31-25(2,3)4)26-16-20-13-15-27(5)23(20)19-9-11-22(30-6)12-10-19/h9-12,18,20-21,23,26H,7-8,13-17H2,1-6H3/t18-,20+,21+,23-/m1/s1. The summed E-state index contributed by atoms with van der Waals surface area (Å²) in [6, 6.07) is 9.30. The van der Waals surface area contributed by atoms with E-state index in [1.165, 1.54) is 12.0 Å². The fraction of sp³-hybridized carbons (Fsp3) is 0.720. The van der Waals surface area contributed by atoms with Crippen molar-refractivity contribution in [1.29, 1.82) is 0 Å². The van der Waals surface area contributed by atoms with E-state index in [1.54, 1.807) is 7.11 Å². The maximum Gasteiger partial charge on any atom is 0.410 e. The molecule has 0 radical (unpaired) electrons. The zero-order valence-corrected chi connectivity index (χ0v) is 20.2. The first-order valence-electron chi connectivity index (χ1n) is 11.7. The fourth-order valence-corrected chi connectivity index (χ4v) is 4.98. The number of methoxy groups -OCH3 is 1. The first-order chi connectivity index (χ1) is 14.7. The van der Waals surface area contributed by atoms with E-state index in [-0.39, 0.29) is 6.09 Å². The van der Waals surface area contributed by atoms with Crippen LogP contribution in [0, 0.1) is 11.8 Å². The Balaban J connectivity index is 1.55. The van der Waals surface area contributed by atoms with Gasteiger partial charge in [0.25, 0.3) is 0 Å². The number of amides is 1. The van der Waals surface area contributed by atoms with Gasteiger partial charge in [0.1, 0.15) is 11.4 Å². The Hall–Kier alpha value is -1.79. The molecule has 4 atom stereocenters. The van der Waals surface area contributed by atoms with Gasteiger partial charge in [-0.15, -0.1) is 0 Å². The van der Waals surface area contributed by atoms with Crippen molar-refractivity contribution in [2.24, 2.45) is 11.8 Å². The number of likely N-dealkylation sites (tertiary alicyclic amines) is 2. The molecule has 1 N–H and O–H groups in total. The molecule has 2 aliphatic heterocycles. The Kier molecular flexibility index (Phi) is 7.87. The Morgan fingerprint density at radius 2 is 1.90 bits per heavy atom. The van der Waals surface area contributed by atoms with Crippen molar-refractivity contribution in [2.75, 3.05) is 40.3 Å². The molecule has 0 spiro atoms. The largest absolute Gasteiger partial charge is 0.497 e. The fourth-order valence-electron chi connectivity index (χ4n) is 4.98. The number of hydrogen-bond acceptors (Lipinski definition) is 5. The van der Waals surface area contributed by atoms with Gasteiger partial charge in [0.15, 0.2) is 0 Å². The van der Waals surface area contributed by atoms with Crippen molar-refractivity contribution >= 4 is 6.09 Å². The second kappa shape index (κ2) is 10.2. The summed E-state index contributed by atoms with van der Waals surface area (Å²) in [5.74, 6) is 1.94. The number of ether oxygens (including phenoxy) is 2. The predicted octanol–water partition coefficient (Wildman–Crippen LogP) is 4.31. The number of nitrogens with zero attached hydrogens (tertiary/aromatic N) is 2. The molecule has 6 nitrogen and oxygen atoms in total. The molecule has 1 aromatic rings. The number of benzene rings is 1. The zero-order chi connectivity index (χ0) is 22.6. The number of hydrogen-bond donors (Lipinski definition) is 1. The maximum absolute atomic E-state index is 12.5. The van der Waals surface area contributed by atoms with E-state index in [2.05, 4.69) is 48.5 Å². The molecule has 2 fully saturated rings. The van der Waals surface area contributed by atoms with Crippen molar-refractivity contribution in [2.45, 2.75) is 64.6 Å². The predicted molar refractivity (Wildman–Crippen MR) is 124 cm³/mol. The highest BCUT2D eigenvalue weighted by atomic mass is 16.6. The van der Waals surface area contributed by atoms with Gasteiger partial charge in [0, 0.05) is 31.7 Å². The van der Waals surface area contributed by atoms with Gasteiger partial charge in [-0.2, -0.15) is 0 Å². The monoisotopic (exact) mass is 431 g/mol. The molecule has 174 valence electrons. The van der Waals surface area contributed by atoms with Crippen LogP contribution in [0.1, 0.15) is 58.6 Å². The minimum atomic E-state index is -0.446. The summed E-state index contributed by atoms with van der Waals surface area (Å²) >= 11 is 0. The van der Waals surface area contributed by atoms with E-state index in [9.17, 15) is 4.79 Å². The van der Waals surface area contributed by atoms with Crippen molar-refractivity contribution in [1.82, 2.24) is 15.1 Å². The van der Waals surface area contributed by atoms with Crippen LogP contribution in [0.5, 0.6) is 5.75 Å². The lowest BCUT2D eigenvalue weighted by atomic mass is 9.90. The first-order valence-corrected chi connectivity index (χ1v) is 11.7. The van der Waals surface area contributed by atoms with Crippen molar-refractivity contribution in [3.8, 4) is 5.75 Å². The van der Waals surface area contributed by atoms with Crippen LogP contribution in [0.15, 0.2) is 24.3 Å². The highest BCUT2D eigenvalue weighted by Gasteiger charge is 2.34. The van der Waals surface area contributed by atoms with Crippen molar-refractivity contribution in [3.05, 3.63) is 29.8 Å². The molecule has 0 aliphatic carbocycles. The average molecular weight is 432 g/mol. The molecule has 0 saturated carbocycles. The normalized spacial score (nSPS) is 26.0. The Bertz CT molecular complexity index is 716. The van der Waals surface area contributed by atoms with Crippen molar-refractivity contribution in [3.63, 3.8) is 0 Å². The van der Waals surface area contributed by atoms with Crippen LogP contribution in [0.3, 0.4) is 0 Å². The quantitative estimate of drug-likeness (QED) is 0.727. The smallest absolute Gasteiger partial charge is 0.410 e.